The Morgan fingerprint density at radius 2 is 1.88 bits per heavy atom. The Morgan fingerprint density at radius 3 is 2.60 bits per heavy atom. The first-order valence-corrected chi connectivity index (χ1v) is 9.27. The molecular formula is C20H30O5. The quantitative estimate of drug-likeness (QED) is 0.399. The molecule has 2 saturated heterocycles. The maximum atomic E-state index is 12.5. The van der Waals surface area contributed by atoms with Crippen molar-refractivity contribution in [3.05, 3.63) is 23.8 Å². The van der Waals surface area contributed by atoms with Crippen LogP contribution in [0.15, 0.2) is 23.8 Å². The van der Waals surface area contributed by atoms with E-state index in [1.807, 2.05) is 26.8 Å². The number of aliphatic hydroxyl groups is 2. The fraction of sp³-hybridized carbons (Fsp3) is 0.750. The van der Waals surface area contributed by atoms with Crippen molar-refractivity contribution in [2.75, 3.05) is 0 Å². The van der Waals surface area contributed by atoms with E-state index in [9.17, 15) is 15.0 Å². The third-order valence-corrected chi connectivity index (χ3v) is 6.47. The number of carbonyl (C=O) groups excluding carboxylic acids is 1. The van der Waals surface area contributed by atoms with E-state index in [2.05, 4.69) is 6.58 Å². The minimum absolute atomic E-state index is 0.105. The van der Waals surface area contributed by atoms with Gasteiger partial charge in [-0.3, -0.25) is 0 Å². The van der Waals surface area contributed by atoms with Crippen LogP contribution in [0, 0.1) is 5.92 Å². The van der Waals surface area contributed by atoms with Gasteiger partial charge in [-0.05, 0) is 70.8 Å². The van der Waals surface area contributed by atoms with Gasteiger partial charge in [-0.1, -0.05) is 12.7 Å². The summed E-state index contributed by atoms with van der Waals surface area (Å²) in [5, 5.41) is 21.2. The monoisotopic (exact) mass is 350 g/mol. The van der Waals surface area contributed by atoms with Gasteiger partial charge in [-0.25, -0.2) is 4.79 Å². The largest absolute Gasteiger partial charge is 0.453 e. The lowest BCUT2D eigenvalue weighted by Gasteiger charge is -2.36. The second-order valence-electron chi connectivity index (χ2n) is 8.37. The summed E-state index contributed by atoms with van der Waals surface area (Å²) in [6.45, 7) is 9.63. The van der Waals surface area contributed by atoms with Gasteiger partial charge in [0.25, 0.3) is 0 Å². The average Bonchev–Trinajstić information content (AvgIpc) is 2.94. The number of rotatable bonds is 0. The van der Waals surface area contributed by atoms with Gasteiger partial charge in [-0.2, -0.15) is 0 Å². The molecule has 2 N–H and O–H groups in total. The van der Waals surface area contributed by atoms with Crippen molar-refractivity contribution < 1.29 is 24.5 Å². The van der Waals surface area contributed by atoms with E-state index in [-0.39, 0.29) is 12.0 Å². The van der Waals surface area contributed by atoms with Gasteiger partial charge < -0.3 is 19.7 Å². The van der Waals surface area contributed by atoms with Crippen LogP contribution in [0.2, 0.25) is 0 Å². The summed E-state index contributed by atoms with van der Waals surface area (Å²) in [5.41, 5.74) is -0.148. The summed E-state index contributed by atoms with van der Waals surface area (Å²) in [6, 6.07) is 0. The van der Waals surface area contributed by atoms with Crippen LogP contribution >= 0.6 is 0 Å². The van der Waals surface area contributed by atoms with Crippen molar-refractivity contribution in [1.29, 1.82) is 0 Å². The molecule has 3 aliphatic heterocycles. The highest BCUT2D eigenvalue weighted by atomic mass is 16.6. The SMILES string of the molecule is C=C1C(=O)O[C@]2(C)CC[C@H]1CC(O)/C(C)=C/C[C@H](O)[C@@]1(C)CC[C@@H]2O1. The Kier molecular flexibility index (Phi) is 4.86. The Bertz CT molecular complexity index is 597. The minimum Gasteiger partial charge on any atom is -0.453 e. The number of hydrogen-bond acceptors (Lipinski definition) is 5. The summed E-state index contributed by atoms with van der Waals surface area (Å²) >= 11 is 0. The molecular weight excluding hydrogens is 320 g/mol. The fourth-order valence-electron chi connectivity index (χ4n) is 4.29. The number of ether oxygens (including phenoxy) is 2. The van der Waals surface area contributed by atoms with Gasteiger partial charge >= 0.3 is 5.97 Å². The zero-order chi connectivity index (χ0) is 18.4. The van der Waals surface area contributed by atoms with Gasteiger partial charge in [0, 0.05) is 5.57 Å². The van der Waals surface area contributed by atoms with Gasteiger partial charge in [-0.15, -0.1) is 0 Å². The molecule has 3 heterocycles. The number of carbonyl (C=O) groups is 1. The minimum atomic E-state index is -0.728. The predicted molar refractivity (Wildman–Crippen MR) is 93.9 cm³/mol. The van der Waals surface area contributed by atoms with E-state index in [0.29, 0.717) is 31.3 Å². The molecule has 0 amide bonds. The fourth-order valence-corrected chi connectivity index (χ4v) is 4.29. The van der Waals surface area contributed by atoms with Crippen LogP contribution in [0.5, 0.6) is 0 Å². The molecule has 0 aromatic heterocycles. The third kappa shape index (κ3) is 3.42. The molecule has 4 bridgehead atoms. The Hall–Kier alpha value is -1.17. The average molecular weight is 350 g/mol. The molecule has 5 nitrogen and oxygen atoms in total. The Balaban J connectivity index is 1.98. The van der Waals surface area contributed by atoms with E-state index >= 15 is 0 Å². The zero-order valence-electron chi connectivity index (χ0n) is 15.5. The highest BCUT2D eigenvalue weighted by molar-refractivity contribution is 5.89. The zero-order valence-corrected chi connectivity index (χ0v) is 15.5. The molecule has 25 heavy (non-hydrogen) atoms. The molecule has 2 fully saturated rings. The van der Waals surface area contributed by atoms with Crippen LogP contribution in [0.4, 0.5) is 0 Å². The van der Waals surface area contributed by atoms with E-state index in [4.69, 9.17) is 9.47 Å². The molecule has 0 radical (unpaired) electrons. The number of esters is 1. The van der Waals surface area contributed by atoms with E-state index in [0.717, 1.165) is 18.4 Å². The molecule has 140 valence electrons. The summed E-state index contributed by atoms with van der Waals surface area (Å²) in [5.74, 6) is -0.500. The lowest BCUT2D eigenvalue weighted by molar-refractivity contribution is -0.186. The van der Waals surface area contributed by atoms with Crippen LogP contribution in [0.1, 0.15) is 59.3 Å². The first-order valence-electron chi connectivity index (χ1n) is 9.27. The summed E-state index contributed by atoms with van der Waals surface area (Å²) < 4.78 is 12.1. The van der Waals surface area contributed by atoms with Crippen molar-refractivity contribution in [1.82, 2.24) is 0 Å². The topological polar surface area (TPSA) is 76.0 Å². The lowest BCUT2D eigenvalue weighted by atomic mass is 9.83. The van der Waals surface area contributed by atoms with Crippen molar-refractivity contribution >= 4 is 5.97 Å². The van der Waals surface area contributed by atoms with Crippen molar-refractivity contribution in [2.45, 2.75) is 88.8 Å². The second kappa shape index (κ2) is 6.53. The normalized spacial score (nSPS) is 47.8. The molecule has 5 heteroatoms. The maximum absolute atomic E-state index is 12.5. The predicted octanol–water partition coefficient (Wildman–Crippen LogP) is 2.65. The van der Waals surface area contributed by atoms with Crippen LogP contribution < -0.4 is 0 Å². The molecule has 0 saturated carbocycles. The molecule has 3 aliphatic rings. The summed E-state index contributed by atoms with van der Waals surface area (Å²) in [4.78, 5) is 12.5. The van der Waals surface area contributed by atoms with Crippen molar-refractivity contribution in [3.63, 3.8) is 0 Å². The molecule has 6 atom stereocenters. The second-order valence-corrected chi connectivity index (χ2v) is 8.37. The van der Waals surface area contributed by atoms with Gasteiger partial charge in [0.15, 0.2) is 0 Å². The Labute approximate surface area is 149 Å². The van der Waals surface area contributed by atoms with E-state index in [1.54, 1.807) is 0 Å². The summed E-state index contributed by atoms with van der Waals surface area (Å²) in [6.07, 6.45) is 4.08. The molecule has 0 spiro atoms. The van der Waals surface area contributed by atoms with Gasteiger partial charge in [0.2, 0.25) is 0 Å². The molecule has 3 rings (SSSR count). The smallest absolute Gasteiger partial charge is 0.334 e. The lowest BCUT2D eigenvalue weighted by Crippen LogP contribution is -2.46. The third-order valence-electron chi connectivity index (χ3n) is 6.47. The number of hydrogen-bond donors (Lipinski definition) is 2. The van der Waals surface area contributed by atoms with Crippen molar-refractivity contribution in [2.24, 2.45) is 5.92 Å². The molecule has 0 aliphatic carbocycles. The van der Waals surface area contributed by atoms with Crippen LogP contribution in [-0.4, -0.2) is 45.7 Å². The molecule has 0 aromatic rings. The highest BCUT2D eigenvalue weighted by Gasteiger charge is 2.51. The standard InChI is InChI=1S/C20H30O5/c1-12-5-6-16(22)19(3)10-8-17(24-19)20(4)9-7-14(11-15(12)21)13(2)18(23)25-20/h5,14-17,21-22H,2,6-11H2,1,3-4H3/b12-5+/t14-,15?,16-,17-,19+,20+/m0/s1. The molecule has 0 aromatic carbocycles. The van der Waals surface area contributed by atoms with Crippen LogP contribution in [0.25, 0.3) is 0 Å². The van der Waals surface area contributed by atoms with Crippen LogP contribution in [-0.2, 0) is 14.3 Å². The van der Waals surface area contributed by atoms with E-state index < -0.39 is 29.4 Å². The number of fused-ring (bicyclic) bond motifs is 6. The number of aliphatic hydroxyl groups excluding tert-OH is 2. The summed E-state index contributed by atoms with van der Waals surface area (Å²) in [7, 11) is 0. The first-order chi connectivity index (χ1) is 11.6. The molecule has 1 unspecified atom stereocenters. The van der Waals surface area contributed by atoms with Gasteiger partial charge in [0.1, 0.15) is 5.60 Å². The highest BCUT2D eigenvalue weighted by Crippen LogP contribution is 2.44. The maximum Gasteiger partial charge on any atom is 0.334 e. The van der Waals surface area contributed by atoms with Gasteiger partial charge in [0.05, 0.1) is 23.9 Å². The van der Waals surface area contributed by atoms with E-state index in [1.165, 1.54) is 0 Å². The van der Waals surface area contributed by atoms with Crippen LogP contribution in [0.3, 0.4) is 0 Å². The first kappa shape index (κ1) is 18.6. The van der Waals surface area contributed by atoms with Crippen molar-refractivity contribution in [3.8, 4) is 0 Å². The Morgan fingerprint density at radius 1 is 1.20 bits per heavy atom.